The van der Waals surface area contributed by atoms with Crippen molar-refractivity contribution in [1.82, 2.24) is 20.4 Å². The maximum Gasteiger partial charge on any atom is 0.262 e. The molecule has 13 heteroatoms. The van der Waals surface area contributed by atoms with E-state index >= 15 is 0 Å². The highest BCUT2D eigenvalue weighted by molar-refractivity contribution is 6.23. The van der Waals surface area contributed by atoms with Crippen LogP contribution in [0.1, 0.15) is 70.1 Å². The van der Waals surface area contributed by atoms with Gasteiger partial charge in [0.2, 0.25) is 17.7 Å². The number of nitrogens with one attached hydrogen (secondary N) is 2. The van der Waals surface area contributed by atoms with Gasteiger partial charge in [0.25, 0.3) is 11.8 Å². The normalized spacial score (nSPS) is 21.0. The number of hydrogen-bond donors (Lipinski definition) is 3. The highest BCUT2D eigenvalue weighted by Crippen LogP contribution is 2.48. The zero-order chi connectivity index (χ0) is 31.7. The number of nitrogens with two attached hydrogens (primary N) is 1. The van der Waals surface area contributed by atoms with Gasteiger partial charge in [0.05, 0.1) is 50.6 Å². The molecule has 0 bridgehead atoms. The van der Waals surface area contributed by atoms with Crippen LogP contribution in [0.5, 0.6) is 11.5 Å². The Balaban J connectivity index is 0.992. The smallest absolute Gasteiger partial charge is 0.262 e. The molecule has 238 valence electrons. The summed E-state index contributed by atoms with van der Waals surface area (Å²) in [5.41, 5.74) is 7.98. The van der Waals surface area contributed by atoms with E-state index < -0.39 is 35.8 Å². The Morgan fingerprint density at radius 2 is 1.84 bits per heavy atom. The van der Waals surface area contributed by atoms with E-state index in [0.29, 0.717) is 63.8 Å². The Hall–Kier alpha value is -4.33. The van der Waals surface area contributed by atoms with Gasteiger partial charge in [0.15, 0.2) is 0 Å². The van der Waals surface area contributed by atoms with E-state index in [9.17, 15) is 24.0 Å². The number of hydrogen-bond acceptors (Lipinski definition) is 10. The number of carbonyl (C=O) groups excluding carboxylic acids is 5. The van der Waals surface area contributed by atoms with Gasteiger partial charge in [-0.25, -0.2) is 0 Å². The summed E-state index contributed by atoms with van der Waals surface area (Å²) in [4.78, 5) is 66.3. The molecular weight excluding hydrogens is 582 g/mol. The lowest BCUT2D eigenvalue weighted by atomic mass is 9.73. The average Bonchev–Trinajstić information content (AvgIpc) is 3.51. The number of ether oxygens (including phenoxy) is 3. The number of piperidine rings is 2. The monoisotopic (exact) mass is 619 g/mol. The molecule has 5 amide bonds. The lowest BCUT2D eigenvalue weighted by Crippen LogP contribution is -2.54. The van der Waals surface area contributed by atoms with Gasteiger partial charge < -0.3 is 24.8 Å². The minimum Gasteiger partial charge on any atom is -0.496 e. The molecule has 0 aliphatic carbocycles. The molecule has 2 aromatic rings. The largest absolute Gasteiger partial charge is 0.496 e. The third-order valence-corrected chi connectivity index (χ3v) is 9.23. The zero-order valence-electron chi connectivity index (χ0n) is 25.1. The van der Waals surface area contributed by atoms with Crippen molar-refractivity contribution < 1.29 is 38.2 Å². The summed E-state index contributed by atoms with van der Waals surface area (Å²) >= 11 is 0. The Morgan fingerprint density at radius 1 is 1.11 bits per heavy atom. The number of rotatable bonds is 10. The van der Waals surface area contributed by atoms with E-state index in [1.54, 1.807) is 19.2 Å². The van der Waals surface area contributed by atoms with Gasteiger partial charge in [-0.15, -0.1) is 0 Å². The van der Waals surface area contributed by atoms with Crippen molar-refractivity contribution in [2.75, 3.05) is 46.6 Å². The van der Waals surface area contributed by atoms with Crippen LogP contribution in [-0.4, -0.2) is 91.9 Å². The second-order valence-electron chi connectivity index (χ2n) is 11.8. The summed E-state index contributed by atoms with van der Waals surface area (Å²) in [6.45, 7) is 2.68. The summed E-state index contributed by atoms with van der Waals surface area (Å²) in [5.74, 6) is -0.895. The van der Waals surface area contributed by atoms with Gasteiger partial charge in [0, 0.05) is 42.6 Å². The summed E-state index contributed by atoms with van der Waals surface area (Å²) < 4.78 is 17.1. The molecule has 2 unspecified atom stereocenters. The molecule has 2 fully saturated rings. The molecule has 4 heterocycles. The number of amides is 5. The molecule has 6 rings (SSSR count). The van der Waals surface area contributed by atoms with Crippen molar-refractivity contribution in [3.05, 3.63) is 58.7 Å². The topological polar surface area (TPSA) is 170 Å². The van der Waals surface area contributed by atoms with Crippen molar-refractivity contribution in [2.24, 2.45) is 5.73 Å². The fourth-order valence-corrected chi connectivity index (χ4v) is 6.66. The number of para-hydroxylation sites is 1. The van der Waals surface area contributed by atoms with Gasteiger partial charge in [0.1, 0.15) is 17.5 Å². The van der Waals surface area contributed by atoms with Gasteiger partial charge in [-0.1, -0.05) is 18.2 Å². The van der Waals surface area contributed by atoms with Crippen LogP contribution in [0.15, 0.2) is 36.4 Å². The molecule has 4 aliphatic rings. The third-order valence-electron chi connectivity index (χ3n) is 9.23. The maximum absolute atomic E-state index is 13.4. The van der Waals surface area contributed by atoms with Gasteiger partial charge >= 0.3 is 0 Å². The Labute approximate surface area is 260 Å². The third kappa shape index (κ3) is 5.78. The number of nitrogens with zero attached hydrogens (tertiary/aromatic N) is 2. The van der Waals surface area contributed by atoms with Crippen molar-refractivity contribution in [2.45, 2.75) is 49.7 Å². The second-order valence-corrected chi connectivity index (χ2v) is 11.8. The molecule has 4 N–H and O–H groups in total. The molecule has 2 atom stereocenters. The molecule has 45 heavy (non-hydrogen) atoms. The predicted octanol–water partition coefficient (Wildman–Crippen LogP) is 1.00. The zero-order valence-corrected chi connectivity index (χ0v) is 25.1. The number of methoxy groups -OCH3 is 1. The molecule has 0 radical (unpaired) electrons. The molecular formula is C32H37N5O8. The highest BCUT2D eigenvalue weighted by Gasteiger charge is 2.49. The van der Waals surface area contributed by atoms with E-state index in [1.165, 1.54) is 0 Å². The van der Waals surface area contributed by atoms with Crippen LogP contribution < -0.4 is 25.8 Å². The van der Waals surface area contributed by atoms with E-state index in [0.717, 1.165) is 16.0 Å². The van der Waals surface area contributed by atoms with Crippen LogP contribution >= 0.6 is 0 Å². The van der Waals surface area contributed by atoms with Crippen LogP contribution in [0.2, 0.25) is 0 Å². The summed E-state index contributed by atoms with van der Waals surface area (Å²) in [6, 6.07) is 9.84. The van der Waals surface area contributed by atoms with Crippen molar-refractivity contribution in [3.63, 3.8) is 0 Å². The lowest BCUT2D eigenvalue weighted by molar-refractivity contribution is -0.136. The maximum atomic E-state index is 13.4. The number of carbonyl (C=O) groups is 5. The predicted molar refractivity (Wildman–Crippen MR) is 159 cm³/mol. The van der Waals surface area contributed by atoms with Crippen LogP contribution in [0, 0.1) is 0 Å². The van der Waals surface area contributed by atoms with Crippen molar-refractivity contribution in [3.8, 4) is 11.5 Å². The first-order chi connectivity index (χ1) is 21.7. The first-order valence-electron chi connectivity index (χ1n) is 15.2. The first-order valence-corrected chi connectivity index (χ1v) is 15.2. The Bertz CT molecular complexity index is 1540. The van der Waals surface area contributed by atoms with Crippen LogP contribution in [0.3, 0.4) is 0 Å². The van der Waals surface area contributed by atoms with Crippen LogP contribution in [-0.2, 0) is 24.5 Å². The SMILES string of the molecule is COc1ccccc1C(N)NCCOCCC(=O)N1CCC2(CC1)COc1cc3c(cc12)C(=O)N(C1CCC(=O)NC1=O)C3=O. The molecule has 0 saturated carbocycles. The van der Waals surface area contributed by atoms with Gasteiger partial charge in [-0.2, -0.15) is 0 Å². The number of likely N-dealkylation sites (tertiary alicyclic amines) is 1. The van der Waals surface area contributed by atoms with E-state index in [1.807, 2.05) is 29.2 Å². The standard InChI is InChI=1S/C32H37N5O8/c1-43-24-5-3-2-4-19(24)28(33)34-11-15-44-14-8-27(39)36-12-9-32(10-13-36)18-45-25-17-21-20(16-22(25)32)30(41)37(31(21)42)23-6-7-26(38)35-29(23)40/h2-5,16-17,23,28,34H,6-15,18,33H2,1H3,(H,35,38,40). The second kappa shape index (κ2) is 12.6. The quantitative estimate of drug-likeness (QED) is 0.198. The van der Waals surface area contributed by atoms with Gasteiger partial charge in [-0.05, 0) is 37.5 Å². The summed E-state index contributed by atoms with van der Waals surface area (Å²) in [7, 11) is 1.60. The molecule has 2 saturated heterocycles. The Kier molecular flexibility index (Phi) is 8.58. The molecule has 13 nitrogen and oxygen atoms in total. The minimum absolute atomic E-state index is 0.0114. The number of benzene rings is 2. The average molecular weight is 620 g/mol. The first kappa shape index (κ1) is 30.7. The van der Waals surface area contributed by atoms with Crippen LogP contribution in [0.25, 0.3) is 0 Å². The number of fused-ring (bicyclic) bond motifs is 3. The summed E-state index contributed by atoms with van der Waals surface area (Å²) in [6.07, 6.45) is 1.31. The van der Waals surface area contributed by atoms with Gasteiger partial charge in [-0.3, -0.25) is 39.5 Å². The van der Waals surface area contributed by atoms with Crippen molar-refractivity contribution in [1.29, 1.82) is 0 Å². The molecule has 4 aliphatic heterocycles. The highest BCUT2D eigenvalue weighted by atomic mass is 16.5. The van der Waals surface area contributed by atoms with E-state index in [4.69, 9.17) is 19.9 Å². The molecule has 2 aromatic carbocycles. The van der Waals surface area contributed by atoms with Crippen LogP contribution in [0.4, 0.5) is 0 Å². The van der Waals surface area contributed by atoms with E-state index in [2.05, 4.69) is 10.6 Å². The molecule has 1 spiro atoms. The summed E-state index contributed by atoms with van der Waals surface area (Å²) in [5, 5.41) is 5.41. The Morgan fingerprint density at radius 3 is 2.58 bits per heavy atom. The fourth-order valence-electron chi connectivity index (χ4n) is 6.66. The molecule has 0 aromatic heterocycles. The fraction of sp³-hybridized carbons (Fsp3) is 0.469. The van der Waals surface area contributed by atoms with Crippen molar-refractivity contribution >= 4 is 29.5 Å². The number of imide groups is 2. The van der Waals surface area contributed by atoms with E-state index in [-0.39, 0.29) is 41.7 Å². The lowest BCUT2D eigenvalue weighted by Gasteiger charge is -2.38. The minimum atomic E-state index is -1.02.